The van der Waals surface area contributed by atoms with Gasteiger partial charge in [0.05, 0.1) is 5.92 Å². The molecule has 0 bridgehead atoms. The van der Waals surface area contributed by atoms with Crippen LogP contribution < -0.4 is 16.0 Å². The van der Waals surface area contributed by atoms with E-state index in [1.807, 2.05) is 0 Å². The Morgan fingerprint density at radius 3 is 2.46 bits per heavy atom. The fourth-order valence-corrected chi connectivity index (χ4v) is 5.59. The first kappa shape index (κ1) is 28.3. The predicted octanol–water partition coefficient (Wildman–Crippen LogP) is 4.01. The van der Waals surface area contributed by atoms with Gasteiger partial charge in [-0.25, -0.2) is 9.78 Å². The third kappa shape index (κ3) is 6.15. The number of halogens is 3. The highest BCUT2D eigenvalue weighted by atomic mass is 19.4. The van der Waals surface area contributed by atoms with E-state index in [4.69, 9.17) is 5.73 Å². The number of anilines is 2. The molecule has 1 unspecified atom stereocenters. The van der Waals surface area contributed by atoms with Crippen molar-refractivity contribution in [1.29, 1.82) is 0 Å². The molecular formula is C27H33F3N6O3. The van der Waals surface area contributed by atoms with Gasteiger partial charge >= 0.3 is 12.2 Å². The van der Waals surface area contributed by atoms with Crippen LogP contribution in [0.2, 0.25) is 0 Å². The summed E-state index contributed by atoms with van der Waals surface area (Å²) >= 11 is 0. The Balaban J connectivity index is 1.64. The Hall–Kier alpha value is -3.70. The molecule has 2 aromatic heterocycles. The molecule has 39 heavy (non-hydrogen) atoms. The predicted molar refractivity (Wildman–Crippen MR) is 138 cm³/mol. The highest BCUT2D eigenvalue weighted by molar-refractivity contribution is 6.12. The minimum absolute atomic E-state index is 0.0734. The molecule has 1 saturated carbocycles. The van der Waals surface area contributed by atoms with E-state index in [0.29, 0.717) is 47.5 Å². The number of imide groups is 1. The molecule has 3 N–H and O–H groups in total. The van der Waals surface area contributed by atoms with Crippen molar-refractivity contribution in [2.75, 3.05) is 17.2 Å². The summed E-state index contributed by atoms with van der Waals surface area (Å²) in [5.41, 5.74) is 7.55. The van der Waals surface area contributed by atoms with E-state index >= 15 is 0 Å². The number of alkyl halides is 3. The van der Waals surface area contributed by atoms with E-state index in [0.717, 1.165) is 6.42 Å². The first-order valence-electron chi connectivity index (χ1n) is 13.2. The van der Waals surface area contributed by atoms with Gasteiger partial charge in [-0.3, -0.25) is 19.5 Å². The largest absolute Gasteiger partial charge is 0.408 e. The number of carbonyl (C=O) groups is 3. The Kier molecular flexibility index (Phi) is 8.41. The van der Waals surface area contributed by atoms with E-state index in [9.17, 15) is 27.6 Å². The molecule has 1 aliphatic heterocycles. The SMILES string of the molecule is CCN(C(=O)[C@@H]1[C@@H](Cc2ccnc(N)c2)C(=O)N1C(=O)NC(C1CCCCC1)C(F)(F)F)c1ccnc(C)c1. The van der Waals surface area contributed by atoms with Gasteiger partial charge in [0.25, 0.3) is 5.91 Å². The Morgan fingerprint density at radius 2 is 1.85 bits per heavy atom. The molecule has 12 heteroatoms. The zero-order valence-electron chi connectivity index (χ0n) is 21.9. The van der Waals surface area contributed by atoms with Crippen LogP contribution in [0.1, 0.15) is 50.3 Å². The quantitative estimate of drug-likeness (QED) is 0.506. The molecule has 2 fully saturated rings. The molecule has 1 aliphatic carbocycles. The van der Waals surface area contributed by atoms with Crippen molar-refractivity contribution in [3.8, 4) is 0 Å². The van der Waals surface area contributed by atoms with Gasteiger partial charge in [-0.15, -0.1) is 0 Å². The molecule has 4 amide bonds. The van der Waals surface area contributed by atoms with Gasteiger partial charge < -0.3 is 16.0 Å². The standard InChI is InChI=1S/C27H33F3N6O3/c1-3-35(19-10-12-32-16(2)13-19)25(38)22-20(14-17-9-11-33-21(31)15-17)24(37)36(22)26(39)34-23(27(28,29)30)18-7-5-4-6-8-18/h9-13,15,18,20,22-23H,3-8,14H2,1-2H3,(H2,31,33)(H,34,39)/t20-,22+,23?/m1/s1. The third-order valence-electron chi connectivity index (χ3n) is 7.51. The number of aromatic nitrogens is 2. The Labute approximate surface area is 225 Å². The van der Waals surface area contributed by atoms with Crippen LogP contribution in [-0.4, -0.2) is 57.5 Å². The first-order chi connectivity index (χ1) is 18.5. The first-order valence-corrected chi connectivity index (χ1v) is 13.2. The molecule has 3 atom stereocenters. The number of carbonyl (C=O) groups excluding carboxylic acids is 3. The maximum atomic E-state index is 14.0. The molecule has 210 valence electrons. The lowest BCUT2D eigenvalue weighted by Crippen LogP contribution is -2.72. The van der Waals surface area contributed by atoms with Crippen molar-refractivity contribution in [2.24, 2.45) is 11.8 Å². The number of nitrogens with one attached hydrogen (secondary N) is 1. The number of β-lactam (4-membered cyclic amide) rings is 1. The number of amides is 4. The zero-order chi connectivity index (χ0) is 28.3. The lowest BCUT2D eigenvalue weighted by molar-refractivity contribution is -0.170. The summed E-state index contributed by atoms with van der Waals surface area (Å²) in [4.78, 5) is 50.5. The van der Waals surface area contributed by atoms with Crippen LogP contribution in [0.4, 0.5) is 29.5 Å². The summed E-state index contributed by atoms with van der Waals surface area (Å²) in [6.07, 6.45) is 1.18. The maximum absolute atomic E-state index is 14.0. The summed E-state index contributed by atoms with van der Waals surface area (Å²) in [5, 5.41) is 2.07. The van der Waals surface area contributed by atoms with E-state index in [-0.39, 0.29) is 18.8 Å². The third-order valence-corrected chi connectivity index (χ3v) is 7.51. The maximum Gasteiger partial charge on any atom is 0.408 e. The van der Waals surface area contributed by atoms with Crippen molar-refractivity contribution in [3.05, 3.63) is 47.9 Å². The normalized spacial score (nSPS) is 20.7. The number of nitrogens with zero attached hydrogens (tertiary/aromatic N) is 4. The van der Waals surface area contributed by atoms with Crippen molar-refractivity contribution >= 4 is 29.4 Å². The van der Waals surface area contributed by atoms with Crippen molar-refractivity contribution in [3.63, 3.8) is 0 Å². The fraction of sp³-hybridized carbons (Fsp3) is 0.519. The monoisotopic (exact) mass is 546 g/mol. The number of aryl methyl sites for hydroxylation is 1. The van der Waals surface area contributed by atoms with Gasteiger partial charge in [-0.1, -0.05) is 19.3 Å². The number of urea groups is 1. The highest BCUT2D eigenvalue weighted by Gasteiger charge is 2.57. The second kappa shape index (κ2) is 11.6. The molecule has 0 spiro atoms. The average Bonchev–Trinajstić information content (AvgIpc) is 2.89. The van der Waals surface area contributed by atoms with E-state index in [2.05, 4.69) is 15.3 Å². The average molecular weight is 547 g/mol. The second-order valence-corrected chi connectivity index (χ2v) is 10.2. The van der Waals surface area contributed by atoms with E-state index in [1.54, 1.807) is 38.1 Å². The van der Waals surface area contributed by atoms with Gasteiger partial charge in [0, 0.05) is 30.3 Å². The lowest BCUT2D eigenvalue weighted by Gasteiger charge is -2.46. The van der Waals surface area contributed by atoms with Gasteiger partial charge in [-0.2, -0.15) is 13.2 Å². The summed E-state index contributed by atoms with van der Waals surface area (Å²) < 4.78 is 42.1. The summed E-state index contributed by atoms with van der Waals surface area (Å²) in [6.45, 7) is 3.71. The van der Waals surface area contributed by atoms with Crippen LogP contribution in [0.3, 0.4) is 0 Å². The zero-order valence-corrected chi connectivity index (χ0v) is 21.9. The van der Waals surface area contributed by atoms with Crippen LogP contribution in [0.25, 0.3) is 0 Å². The molecule has 0 radical (unpaired) electrons. The number of nitrogens with two attached hydrogens (primary N) is 1. The van der Waals surface area contributed by atoms with E-state index in [1.165, 1.54) is 17.3 Å². The molecule has 9 nitrogen and oxygen atoms in total. The minimum atomic E-state index is -4.69. The van der Waals surface area contributed by atoms with Gasteiger partial charge in [-0.05, 0) is 68.9 Å². The molecule has 4 rings (SSSR count). The topological polar surface area (TPSA) is 122 Å². The highest BCUT2D eigenvalue weighted by Crippen LogP contribution is 2.37. The number of hydrogen-bond donors (Lipinski definition) is 2. The smallest absolute Gasteiger partial charge is 0.384 e. The molecule has 1 saturated heterocycles. The summed E-state index contributed by atoms with van der Waals surface area (Å²) in [5.74, 6) is -2.80. The van der Waals surface area contributed by atoms with Crippen molar-refractivity contribution in [2.45, 2.75) is 70.6 Å². The van der Waals surface area contributed by atoms with Crippen molar-refractivity contribution in [1.82, 2.24) is 20.2 Å². The van der Waals surface area contributed by atoms with Crippen LogP contribution in [0, 0.1) is 18.8 Å². The number of rotatable bonds is 7. The Bertz CT molecular complexity index is 1220. The number of hydrogen-bond acceptors (Lipinski definition) is 6. The molecule has 3 heterocycles. The second-order valence-electron chi connectivity index (χ2n) is 10.2. The molecular weight excluding hydrogens is 513 g/mol. The molecule has 2 aliphatic rings. The molecule has 2 aromatic rings. The lowest BCUT2D eigenvalue weighted by atomic mass is 9.81. The van der Waals surface area contributed by atoms with Crippen LogP contribution >= 0.6 is 0 Å². The number of nitrogen functional groups attached to an aromatic ring is 1. The van der Waals surface area contributed by atoms with Crippen molar-refractivity contribution < 1.29 is 27.6 Å². The van der Waals surface area contributed by atoms with E-state index < -0.39 is 47.9 Å². The minimum Gasteiger partial charge on any atom is -0.384 e. The number of likely N-dealkylation sites (tertiary alicyclic amines) is 1. The Morgan fingerprint density at radius 1 is 1.15 bits per heavy atom. The number of pyridine rings is 2. The number of likely N-dealkylation sites (N-methyl/N-ethyl adjacent to an activating group) is 1. The molecule has 0 aromatic carbocycles. The fourth-order valence-electron chi connectivity index (χ4n) is 5.59. The van der Waals surface area contributed by atoms with Gasteiger partial charge in [0.15, 0.2) is 0 Å². The summed E-state index contributed by atoms with van der Waals surface area (Å²) in [7, 11) is 0. The van der Waals surface area contributed by atoms with Crippen LogP contribution in [0.5, 0.6) is 0 Å². The van der Waals surface area contributed by atoms with Crippen LogP contribution in [0.15, 0.2) is 36.7 Å². The van der Waals surface area contributed by atoms with Gasteiger partial charge in [0.1, 0.15) is 17.9 Å². The van der Waals surface area contributed by atoms with Crippen LogP contribution in [-0.2, 0) is 16.0 Å². The van der Waals surface area contributed by atoms with Gasteiger partial charge in [0.2, 0.25) is 5.91 Å². The summed E-state index contributed by atoms with van der Waals surface area (Å²) in [6, 6.07) is 1.91.